The first kappa shape index (κ1) is 16.4. The summed E-state index contributed by atoms with van der Waals surface area (Å²) in [5.41, 5.74) is 0.131. The molecule has 0 radical (unpaired) electrons. The first-order chi connectivity index (χ1) is 10.3. The molecule has 1 fully saturated rings. The van der Waals surface area contributed by atoms with Gasteiger partial charge in [0.05, 0.1) is 13.0 Å². The van der Waals surface area contributed by atoms with Crippen LogP contribution in [0.15, 0.2) is 24.3 Å². The number of benzene rings is 1. The van der Waals surface area contributed by atoms with Gasteiger partial charge >= 0.3 is 12.3 Å². The van der Waals surface area contributed by atoms with Crippen molar-refractivity contribution in [1.29, 1.82) is 0 Å². The van der Waals surface area contributed by atoms with Crippen LogP contribution in [0.2, 0.25) is 5.02 Å². The predicted molar refractivity (Wildman–Crippen MR) is 72.6 cm³/mol. The Morgan fingerprint density at radius 3 is 2.73 bits per heavy atom. The Labute approximate surface area is 129 Å². The van der Waals surface area contributed by atoms with Gasteiger partial charge in [-0.15, -0.1) is 0 Å². The van der Waals surface area contributed by atoms with Crippen molar-refractivity contribution in [3.05, 3.63) is 29.3 Å². The molecule has 1 aromatic carbocycles. The molecule has 1 aliphatic heterocycles. The molecule has 0 aliphatic carbocycles. The van der Waals surface area contributed by atoms with Gasteiger partial charge in [0.2, 0.25) is 5.91 Å². The summed E-state index contributed by atoms with van der Waals surface area (Å²) in [6.45, 7) is -0.0532. The number of nitrogens with one attached hydrogen (secondary N) is 1. The lowest BCUT2D eigenvalue weighted by Crippen LogP contribution is -2.42. The average Bonchev–Trinajstić information content (AvgIpc) is 2.83. The van der Waals surface area contributed by atoms with Gasteiger partial charge in [-0.3, -0.25) is 4.79 Å². The zero-order valence-corrected chi connectivity index (χ0v) is 11.9. The molecule has 1 heterocycles. The van der Waals surface area contributed by atoms with Crippen LogP contribution in [-0.2, 0) is 9.53 Å². The molecule has 1 unspecified atom stereocenters. The number of hydrogen-bond donors (Lipinski definition) is 1. The molecule has 5 nitrogen and oxygen atoms in total. The smallest absolute Gasteiger partial charge is 0.416 e. The van der Waals surface area contributed by atoms with Gasteiger partial charge in [0.1, 0.15) is 12.6 Å². The third-order valence-electron chi connectivity index (χ3n) is 3.00. The van der Waals surface area contributed by atoms with E-state index in [1.54, 1.807) is 0 Å². The van der Waals surface area contributed by atoms with Gasteiger partial charge in [-0.05, 0) is 18.2 Å². The standard InChI is InChI=1S/C13H12ClF3N2O3/c14-8-2-1-3-9(6-8)18-10(13(15,16)17)7-11(20)19-4-5-22-12(19)21/h1-3,6,10,18H,4-5,7H2. The Morgan fingerprint density at radius 2 is 2.18 bits per heavy atom. The summed E-state index contributed by atoms with van der Waals surface area (Å²) in [5.74, 6) is -0.945. The maximum atomic E-state index is 13.1. The minimum atomic E-state index is -4.67. The van der Waals surface area contributed by atoms with E-state index in [2.05, 4.69) is 10.1 Å². The zero-order chi connectivity index (χ0) is 16.3. The van der Waals surface area contributed by atoms with Gasteiger partial charge in [0, 0.05) is 10.7 Å². The number of imide groups is 1. The van der Waals surface area contributed by atoms with Crippen LogP contribution in [0.5, 0.6) is 0 Å². The molecule has 1 N–H and O–H groups in total. The van der Waals surface area contributed by atoms with E-state index in [-0.39, 0.29) is 23.9 Å². The summed E-state index contributed by atoms with van der Waals surface area (Å²) in [6, 6.07) is 3.58. The molecule has 2 rings (SSSR count). The molecule has 0 saturated carbocycles. The summed E-state index contributed by atoms with van der Waals surface area (Å²) in [7, 11) is 0. The van der Waals surface area contributed by atoms with E-state index in [9.17, 15) is 22.8 Å². The third-order valence-corrected chi connectivity index (χ3v) is 3.24. The van der Waals surface area contributed by atoms with Gasteiger partial charge < -0.3 is 10.1 Å². The van der Waals surface area contributed by atoms with Crippen molar-refractivity contribution in [3.8, 4) is 0 Å². The van der Waals surface area contributed by atoms with Gasteiger partial charge in [-0.25, -0.2) is 9.69 Å². The first-order valence-electron chi connectivity index (χ1n) is 6.33. The number of nitrogens with zero attached hydrogens (tertiary/aromatic N) is 1. The SMILES string of the molecule is O=C(CC(Nc1cccc(Cl)c1)C(F)(F)F)N1CCOC1=O. The molecule has 1 saturated heterocycles. The van der Waals surface area contributed by atoms with Crippen LogP contribution in [0.1, 0.15) is 6.42 Å². The van der Waals surface area contributed by atoms with Crippen molar-refractivity contribution < 1.29 is 27.5 Å². The van der Waals surface area contributed by atoms with E-state index >= 15 is 0 Å². The number of rotatable bonds is 4. The predicted octanol–water partition coefficient (Wildman–Crippen LogP) is 3.05. The van der Waals surface area contributed by atoms with Crippen molar-refractivity contribution in [3.63, 3.8) is 0 Å². The summed E-state index contributed by atoms with van der Waals surface area (Å²) < 4.78 is 43.7. The highest BCUT2D eigenvalue weighted by molar-refractivity contribution is 6.30. The number of halogens is 4. The topological polar surface area (TPSA) is 58.6 Å². The van der Waals surface area contributed by atoms with E-state index in [1.807, 2.05) is 0 Å². The fraction of sp³-hybridized carbons (Fsp3) is 0.385. The van der Waals surface area contributed by atoms with E-state index in [0.29, 0.717) is 4.90 Å². The number of cyclic esters (lactones) is 1. The van der Waals surface area contributed by atoms with Gasteiger partial charge in [-0.1, -0.05) is 17.7 Å². The van der Waals surface area contributed by atoms with E-state index in [1.165, 1.54) is 24.3 Å². The monoisotopic (exact) mass is 336 g/mol. The molecule has 1 atom stereocenters. The lowest BCUT2D eigenvalue weighted by Gasteiger charge is -2.23. The second kappa shape index (κ2) is 6.43. The number of alkyl halides is 3. The molecule has 9 heteroatoms. The Kier molecular flexibility index (Phi) is 4.80. The summed E-state index contributed by atoms with van der Waals surface area (Å²) in [6.07, 6.45) is -6.50. The molecule has 0 spiro atoms. The molecular formula is C13H12ClF3N2O3. The third kappa shape index (κ3) is 4.03. The van der Waals surface area contributed by atoms with E-state index in [4.69, 9.17) is 11.6 Å². The number of ether oxygens (including phenoxy) is 1. The lowest BCUT2D eigenvalue weighted by molar-refractivity contribution is -0.153. The molecule has 1 aromatic rings. The quantitative estimate of drug-likeness (QED) is 0.918. The van der Waals surface area contributed by atoms with Crippen LogP contribution in [0.3, 0.4) is 0 Å². The number of carbonyl (C=O) groups excluding carboxylic acids is 2. The van der Waals surface area contributed by atoms with Crippen molar-refractivity contribution in [2.75, 3.05) is 18.5 Å². The fourth-order valence-electron chi connectivity index (χ4n) is 1.93. The number of amides is 2. The van der Waals surface area contributed by atoms with Crippen molar-refractivity contribution in [2.24, 2.45) is 0 Å². The van der Waals surface area contributed by atoms with Gasteiger partial charge in [0.25, 0.3) is 0 Å². The zero-order valence-electron chi connectivity index (χ0n) is 11.2. The van der Waals surface area contributed by atoms with Crippen LogP contribution in [0, 0.1) is 0 Å². The highest BCUT2D eigenvalue weighted by Crippen LogP contribution is 2.27. The molecule has 120 valence electrons. The normalized spacial score (nSPS) is 16.4. The minimum Gasteiger partial charge on any atom is -0.447 e. The summed E-state index contributed by atoms with van der Waals surface area (Å²) in [5, 5.41) is 2.48. The Bertz CT molecular complexity index is 580. The maximum absolute atomic E-state index is 13.1. The van der Waals surface area contributed by atoms with Crippen LogP contribution in [0.25, 0.3) is 0 Å². The molecule has 1 aliphatic rings. The van der Waals surface area contributed by atoms with Gasteiger partial charge in [-0.2, -0.15) is 13.2 Å². The van der Waals surface area contributed by atoms with Crippen molar-refractivity contribution >= 4 is 29.3 Å². The Balaban J connectivity index is 2.10. The molecule has 2 amide bonds. The van der Waals surface area contributed by atoms with Crippen molar-refractivity contribution in [1.82, 2.24) is 4.90 Å². The summed E-state index contributed by atoms with van der Waals surface area (Å²) in [4.78, 5) is 23.7. The van der Waals surface area contributed by atoms with Crippen LogP contribution < -0.4 is 5.32 Å². The fourth-order valence-corrected chi connectivity index (χ4v) is 2.12. The molecule has 0 aromatic heterocycles. The highest BCUT2D eigenvalue weighted by atomic mass is 35.5. The minimum absolute atomic E-state index is 0.0109. The lowest BCUT2D eigenvalue weighted by atomic mass is 10.1. The van der Waals surface area contributed by atoms with Crippen LogP contribution in [-0.4, -0.2) is 42.3 Å². The number of hydrogen-bond acceptors (Lipinski definition) is 4. The number of anilines is 1. The molecule has 0 bridgehead atoms. The Hall–Kier alpha value is -1.96. The second-order valence-electron chi connectivity index (χ2n) is 4.61. The van der Waals surface area contributed by atoms with Crippen LogP contribution >= 0.6 is 11.6 Å². The highest BCUT2D eigenvalue weighted by Gasteiger charge is 2.43. The Morgan fingerprint density at radius 1 is 1.45 bits per heavy atom. The largest absolute Gasteiger partial charge is 0.447 e. The number of carbonyl (C=O) groups is 2. The summed E-state index contributed by atoms with van der Waals surface area (Å²) >= 11 is 5.71. The average molecular weight is 337 g/mol. The molecule has 22 heavy (non-hydrogen) atoms. The van der Waals surface area contributed by atoms with E-state index in [0.717, 1.165) is 0 Å². The first-order valence-corrected chi connectivity index (χ1v) is 6.71. The van der Waals surface area contributed by atoms with Crippen molar-refractivity contribution in [2.45, 2.75) is 18.6 Å². The second-order valence-corrected chi connectivity index (χ2v) is 5.05. The maximum Gasteiger partial charge on any atom is 0.416 e. The van der Waals surface area contributed by atoms with Gasteiger partial charge in [0.15, 0.2) is 0 Å². The van der Waals surface area contributed by atoms with Crippen LogP contribution in [0.4, 0.5) is 23.7 Å². The van der Waals surface area contributed by atoms with E-state index < -0.39 is 30.6 Å². The molecular weight excluding hydrogens is 325 g/mol.